The van der Waals surface area contributed by atoms with Crippen LogP contribution in [-0.4, -0.2) is 17.3 Å². The average molecular weight is 294 g/mol. The number of carboxylic acid groups (broad SMARTS) is 1. The third-order valence-corrected chi connectivity index (χ3v) is 3.48. The van der Waals surface area contributed by atoms with E-state index in [-0.39, 0.29) is 0 Å². The SMILES string of the molecule is CSc1cc(C(=O)O)ccc1I. The molecule has 64 valence electrons. The van der Waals surface area contributed by atoms with Crippen LogP contribution in [0.3, 0.4) is 0 Å². The van der Waals surface area contributed by atoms with Gasteiger partial charge in [-0.25, -0.2) is 4.79 Å². The van der Waals surface area contributed by atoms with Gasteiger partial charge in [0.25, 0.3) is 0 Å². The fourth-order valence-electron chi connectivity index (χ4n) is 0.793. The third kappa shape index (κ3) is 2.13. The molecule has 0 atom stereocenters. The minimum atomic E-state index is -0.873. The van der Waals surface area contributed by atoms with Crippen LogP contribution in [0, 0.1) is 3.57 Å². The molecule has 0 saturated heterocycles. The van der Waals surface area contributed by atoms with Crippen molar-refractivity contribution in [2.45, 2.75) is 4.90 Å². The van der Waals surface area contributed by atoms with Gasteiger partial charge >= 0.3 is 5.97 Å². The summed E-state index contributed by atoms with van der Waals surface area (Å²) in [5.74, 6) is -0.873. The van der Waals surface area contributed by atoms with E-state index in [9.17, 15) is 4.79 Å². The van der Waals surface area contributed by atoms with Gasteiger partial charge in [0.15, 0.2) is 0 Å². The number of hydrogen-bond donors (Lipinski definition) is 1. The van der Waals surface area contributed by atoms with Gasteiger partial charge in [0.05, 0.1) is 5.56 Å². The number of rotatable bonds is 2. The van der Waals surface area contributed by atoms with Crippen LogP contribution in [0.25, 0.3) is 0 Å². The van der Waals surface area contributed by atoms with Crippen molar-refractivity contribution < 1.29 is 9.90 Å². The van der Waals surface area contributed by atoms with Crippen molar-refractivity contribution in [3.05, 3.63) is 27.3 Å². The molecule has 1 aromatic rings. The van der Waals surface area contributed by atoms with Crippen LogP contribution in [-0.2, 0) is 0 Å². The number of aromatic carboxylic acids is 1. The molecule has 0 aliphatic heterocycles. The molecule has 0 bridgehead atoms. The first-order valence-corrected chi connectivity index (χ1v) is 5.52. The molecule has 0 saturated carbocycles. The molecule has 0 aromatic heterocycles. The Hall–Kier alpha value is -0.230. The van der Waals surface area contributed by atoms with Crippen LogP contribution >= 0.6 is 34.4 Å². The molecule has 0 aliphatic carbocycles. The molecule has 0 amide bonds. The lowest BCUT2D eigenvalue weighted by molar-refractivity contribution is 0.0696. The summed E-state index contributed by atoms with van der Waals surface area (Å²) in [7, 11) is 0. The number of hydrogen-bond acceptors (Lipinski definition) is 2. The van der Waals surface area contributed by atoms with E-state index in [1.807, 2.05) is 12.3 Å². The molecule has 0 aliphatic rings. The zero-order chi connectivity index (χ0) is 9.14. The van der Waals surface area contributed by atoms with Gasteiger partial charge < -0.3 is 5.11 Å². The Balaban J connectivity index is 3.13. The zero-order valence-corrected chi connectivity index (χ0v) is 9.35. The van der Waals surface area contributed by atoms with E-state index in [1.165, 1.54) is 0 Å². The maximum atomic E-state index is 10.6. The second kappa shape index (κ2) is 4.13. The van der Waals surface area contributed by atoms with Gasteiger partial charge in [-0.3, -0.25) is 0 Å². The van der Waals surface area contributed by atoms with Crippen molar-refractivity contribution in [1.29, 1.82) is 0 Å². The standard InChI is InChI=1S/C8H7IO2S/c1-12-7-4-5(8(10)11)2-3-6(7)9/h2-4H,1H3,(H,10,11). The van der Waals surface area contributed by atoms with Crippen molar-refractivity contribution >= 4 is 40.3 Å². The molecule has 4 heteroatoms. The predicted octanol–water partition coefficient (Wildman–Crippen LogP) is 2.71. The molecule has 0 fully saturated rings. The lowest BCUT2D eigenvalue weighted by atomic mass is 10.2. The molecule has 0 radical (unpaired) electrons. The predicted molar refractivity (Wildman–Crippen MR) is 57.9 cm³/mol. The highest BCUT2D eigenvalue weighted by molar-refractivity contribution is 14.1. The Morgan fingerprint density at radius 1 is 1.58 bits per heavy atom. The second-order valence-corrected chi connectivity index (χ2v) is 4.16. The van der Waals surface area contributed by atoms with Crippen molar-refractivity contribution in [3.63, 3.8) is 0 Å². The number of carboxylic acids is 1. The Labute approximate surface area is 88.5 Å². The summed E-state index contributed by atoms with van der Waals surface area (Å²) < 4.78 is 1.09. The topological polar surface area (TPSA) is 37.3 Å². The van der Waals surface area contributed by atoms with Gasteiger partial charge in [0.2, 0.25) is 0 Å². The van der Waals surface area contributed by atoms with Crippen molar-refractivity contribution in [2.24, 2.45) is 0 Å². The Morgan fingerprint density at radius 2 is 2.25 bits per heavy atom. The Bertz CT molecular complexity index is 312. The summed E-state index contributed by atoms with van der Waals surface area (Å²) in [6.07, 6.45) is 1.93. The first-order valence-electron chi connectivity index (χ1n) is 3.22. The molecule has 2 nitrogen and oxygen atoms in total. The molecule has 1 N–H and O–H groups in total. The number of carbonyl (C=O) groups is 1. The molecule has 1 aromatic carbocycles. The van der Waals surface area contributed by atoms with Crippen molar-refractivity contribution in [2.75, 3.05) is 6.26 Å². The first-order chi connectivity index (χ1) is 5.65. The van der Waals surface area contributed by atoms with E-state index in [1.54, 1.807) is 23.9 Å². The summed E-state index contributed by atoms with van der Waals surface area (Å²) in [5, 5.41) is 8.68. The van der Waals surface area contributed by atoms with E-state index in [2.05, 4.69) is 22.6 Å². The fourth-order valence-corrected chi connectivity index (χ4v) is 2.30. The van der Waals surface area contributed by atoms with Crippen LogP contribution in [0.4, 0.5) is 0 Å². The second-order valence-electron chi connectivity index (χ2n) is 2.15. The highest BCUT2D eigenvalue weighted by atomic mass is 127. The van der Waals surface area contributed by atoms with Crippen molar-refractivity contribution in [3.8, 4) is 0 Å². The lowest BCUT2D eigenvalue weighted by Gasteiger charge is -2.01. The van der Waals surface area contributed by atoms with E-state index in [0.29, 0.717) is 5.56 Å². The van der Waals surface area contributed by atoms with Crippen LogP contribution in [0.5, 0.6) is 0 Å². The highest BCUT2D eigenvalue weighted by Gasteiger charge is 2.05. The summed E-state index contributed by atoms with van der Waals surface area (Å²) in [5.41, 5.74) is 0.347. The monoisotopic (exact) mass is 294 g/mol. The van der Waals surface area contributed by atoms with E-state index in [0.717, 1.165) is 8.47 Å². The minimum absolute atomic E-state index is 0.347. The van der Waals surface area contributed by atoms with E-state index >= 15 is 0 Å². The van der Waals surface area contributed by atoms with Gasteiger partial charge in [-0.15, -0.1) is 11.8 Å². The normalized spacial score (nSPS) is 9.83. The number of thioether (sulfide) groups is 1. The van der Waals surface area contributed by atoms with E-state index < -0.39 is 5.97 Å². The van der Waals surface area contributed by atoms with Gasteiger partial charge in [-0.2, -0.15) is 0 Å². The number of benzene rings is 1. The fraction of sp³-hybridized carbons (Fsp3) is 0.125. The van der Waals surface area contributed by atoms with Crippen LogP contribution in [0.15, 0.2) is 23.1 Å². The molecule has 12 heavy (non-hydrogen) atoms. The Morgan fingerprint density at radius 3 is 2.75 bits per heavy atom. The molecule has 0 unspecified atom stereocenters. The third-order valence-electron chi connectivity index (χ3n) is 1.40. The quantitative estimate of drug-likeness (QED) is 0.673. The molecular weight excluding hydrogens is 287 g/mol. The van der Waals surface area contributed by atoms with Crippen LogP contribution in [0.2, 0.25) is 0 Å². The maximum Gasteiger partial charge on any atom is 0.335 e. The van der Waals surface area contributed by atoms with Gasteiger partial charge in [0.1, 0.15) is 0 Å². The van der Waals surface area contributed by atoms with Crippen LogP contribution in [0.1, 0.15) is 10.4 Å². The summed E-state index contributed by atoms with van der Waals surface area (Å²) in [6, 6.07) is 5.12. The largest absolute Gasteiger partial charge is 0.478 e. The first kappa shape index (κ1) is 9.85. The van der Waals surface area contributed by atoms with E-state index in [4.69, 9.17) is 5.11 Å². The lowest BCUT2D eigenvalue weighted by Crippen LogP contribution is -1.96. The van der Waals surface area contributed by atoms with Crippen LogP contribution < -0.4 is 0 Å². The van der Waals surface area contributed by atoms with Gasteiger partial charge in [-0.05, 0) is 47.0 Å². The summed E-state index contributed by atoms with van der Waals surface area (Å²) in [4.78, 5) is 11.6. The van der Waals surface area contributed by atoms with Gasteiger partial charge in [-0.1, -0.05) is 0 Å². The molecular formula is C8H7IO2S. The average Bonchev–Trinajstić information content (AvgIpc) is 2.05. The highest BCUT2D eigenvalue weighted by Crippen LogP contribution is 2.23. The summed E-state index contributed by atoms with van der Waals surface area (Å²) in [6.45, 7) is 0. The molecule has 1 rings (SSSR count). The van der Waals surface area contributed by atoms with Gasteiger partial charge in [0, 0.05) is 8.47 Å². The zero-order valence-electron chi connectivity index (χ0n) is 6.37. The Kier molecular flexibility index (Phi) is 3.39. The smallest absolute Gasteiger partial charge is 0.335 e. The molecule has 0 heterocycles. The van der Waals surface area contributed by atoms with Crippen molar-refractivity contribution in [1.82, 2.24) is 0 Å². The minimum Gasteiger partial charge on any atom is -0.478 e. The summed E-state index contributed by atoms with van der Waals surface area (Å²) >= 11 is 3.74. The number of halogens is 1. The maximum absolute atomic E-state index is 10.6. The molecule has 0 spiro atoms.